The van der Waals surface area contributed by atoms with Crippen LogP contribution in [-0.4, -0.2) is 59.9 Å². The first kappa shape index (κ1) is 23.8. The summed E-state index contributed by atoms with van der Waals surface area (Å²) in [6.45, 7) is 7.60. The third kappa shape index (κ3) is 4.90. The maximum Gasteiger partial charge on any atom is 0.317 e. The van der Waals surface area contributed by atoms with Crippen LogP contribution in [0.3, 0.4) is 0 Å². The zero-order valence-electron chi connectivity index (χ0n) is 20.6. The van der Waals surface area contributed by atoms with Crippen LogP contribution >= 0.6 is 0 Å². The molecule has 9 nitrogen and oxygen atoms in total. The molecule has 2 heterocycles. The second kappa shape index (κ2) is 10.4. The van der Waals surface area contributed by atoms with Crippen molar-refractivity contribution >= 4 is 6.03 Å². The van der Waals surface area contributed by atoms with Gasteiger partial charge in [-0.2, -0.15) is 10.2 Å². The Balaban J connectivity index is 1.32. The number of rotatable bonds is 6. The fourth-order valence-electron chi connectivity index (χ4n) is 4.91. The average molecular weight is 487 g/mol. The molecule has 0 radical (unpaired) electrons. The maximum absolute atomic E-state index is 12.5. The number of aromatic nitrogens is 2. The molecule has 0 spiro atoms. The van der Waals surface area contributed by atoms with Crippen molar-refractivity contribution in [2.75, 3.05) is 32.7 Å². The van der Waals surface area contributed by atoms with Crippen LogP contribution in [0.4, 0.5) is 4.79 Å². The lowest BCUT2D eigenvalue weighted by Crippen LogP contribution is -2.50. The molecule has 2 aliphatic rings. The molecule has 36 heavy (non-hydrogen) atoms. The van der Waals surface area contributed by atoms with Crippen molar-refractivity contribution in [2.45, 2.75) is 38.7 Å². The van der Waals surface area contributed by atoms with Crippen molar-refractivity contribution in [3.05, 3.63) is 53.1 Å². The second-order valence-corrected chi connectivity index (χ2v) is 9.44. The van der Waals surface area contributed by atoms with E-state index in [1.54, 1.807) is 12.1 Å². The summed E-state index contributed by atoms with van der Waals surface area (Å²) in [5.41, 5.74) is 4.46. The number of piperazine rings is 1. The van der Waals surface area contributed by atoms with Crippen molar-refractivity contribution in [1.29, 1.82) is 5.26 Å². The largest absolute Gasteiger partial charge is 0.490 e. The van der Waals surface area contributed by atoms with Gasteiger partial charge in [-0.3, -0.25) is 0 Å². The van der Waals surface area contributed by atoms with Crippen LogP contribution in [0.25, 0.3) is 22.8 Å². The van der Waals surface area contributed by atoms with Gasteiger partial charge < -0.3 is 24.8 Å². The Hall–Kier alpha value is -3.90. The van der Waals surface area contributed by atoms with E-state index in [0.717, 1.165) is 44.6 Å². The first-order valence-electron chi connectivity index (χ1n) is 12.4. The van der Waals surface area contributed by atoms with E-state index in [1.165, 1.54) is 11.1 Å². The molecule has 1 aromatic heterocycles. The smallest absolute Gasteiger partial charge is 0.317 e. The molecule has 9 heteroatoms. The third-order valence-electron chi connectivity index (χ3n) is 6.68. The Labute approximate surface area is 210 Å². The lowest BCUT2D eigenvalue weighted by Gasteiger charge is -2.28. The number of fused-ring (bicyclic) bond motifs is 1. The summed E-state index contributed by atoms with van der Waals surface area (Å²) < 4.78 is 11.3. The van der Waals surface area contributed by atoms with E-state index in [-0.39, 0.29) is 18.1 Å². The molecule has 1 unspecified atom stereocenters. The zero-order valence-corrected chi connectivity index (χ0v) is 20.6. The van der Waals surface area contributed by atoms with Crippen LogP contribution in [0.5, 0.6) is 5.75 Å². The highest BCUT2D eigenvalue weighted by atomic mass is 16.5. The predicted molar refractivity (Wildman–Crippen MR) is 135 cm³/mol. The lowest BCUT2D eigenvalue weighted by molar-refractivity contribution is 0.189. The van der Waals surface area contributed by atoms with E-state index in [1.807, 2.05) is 36.9 Å². The minimum Gasteiger partial charge on any atom is -0.490 e. The molecule has 1 aliphatic heterocycles. The Morgan fingerprint density at radius 3 is 2.92 bits per heavy atom. The number of carbonyl (C=O) groups is 1. The van der Waals surface area contributed by atoms with Crippen molar-refractivity contribution in [2.24, 2.45) is 0 Å². The van der Waals surface area contributed by atoms with Crippen LogP contribution in [-0.2, 0) is 6.42 Å². The topological polar surface area (TPSA) is 116 Å². The standard InChI is InChI=1S/C27H30N6O3/c1-17(2)35-24-9-7-18(14-20(24)15-28)26-31-25(32-36-26)23-5-3-4-21-19(6-8-22(21)23)16-30-27(34)33-12-10-29-11-13-33/h3-5,7,9,14,17,19,29H,6,8,10-13,16H2,1-2H3,(H,30,34). The van der Waals surface area contributed by atoms with Gasteiger partial charge in [-0.05, 0) is 56.0 Å². The van der Waals surface area contributed by atoms with Crippen LogP contribution in [0.2, 0.25) is 0 Å². The first-order valence-corrected chi connectivity index (χ1v) is 12.4. The van der Waals surface area contributed by atoms with Crippen LogP contribution in [0.15, 0.2) is 40.9 Å². The number of ether oxygens (including phenoxy) is 1. The van der Waals surface area contributed by atoms with Gasteiger partial charge >= 0.3 is 6.03 Å². The summed E-state index contributed by atoms with van der Waals surface area (Å²) in [6, 6.07) is 13.6. The molecule has 1 fully saturated rings. The van der Waals surface area contributed by atoms with Crippen LogP contribution < -0.4 is 15.4 Å². The first-order chi connectivity index (χ1) is 17.5. The third-order valence-corrected chi connectivity index (χ3v) is 6.68. The van der Waals surface area contributed by atoms with E-state index >= 15 is 0 Å². The van der Waals surface area contributed by atoms with Gasteiger partial charge in [0.25, 0.3) is 5.89 Å². The van der Waals surface area contributed by atoms with Crippen LogP contribution in [0, 0.1) is 11.3 Å². The zero-order chi connectivity index (χ0) is 25.1. The van der Waals surface area contributed by atoms with Gasteiger partial charge in [0.05, 0.1) is 11.7 Å². The fraction of sp³-hybridized carbons (Fsp3) is 0.407. The number of benzene rings is 2. The summed E-state index contributed by atoms with van der Waals surface area (Å²) in [5.74, 6) is 1.67. The number of nitrogens with zero attached hydrogens (tertiary/aromatic N) is 4. The highest BCUT2D eigenvalue weighted by Crippen LogP contribution is 2.38. The van der Waals surface area contributed by atoms with Gasteiger partial charge in [-0.25, -0.2) is 4.79 Å². The Morgan fingerprint density at radius 2 is 2.14 bits per heavy atom. The number of nitriles is 1. The predicted octanol–water partition coefficient (Wildman–Crippen LogP) is 3.71. The van der Waals surface area contributed by atoms with Gasteiger partial charge in [-0.15, -0.1) is 0 Å². The number of carbonyl (C=O) groups excluding carboxylic acids is 1. The van der Waals surface area contributed by atoms with E-state index in [9.17, 15) is 10.1 Å². The normalized spacial score (nSPS) is 17.1. The highest BCUT2D eigenvalue weighted by molar-refractivity contribution is 5.74. The number of hydrogen-bond donors (Lipinski definition) is 2. The summed E-state index contributed by atoms with van der Waals surface area (Å²) >= 11 is 0. The molecule has 5 rings (SSSR count). The molecule has 2 N–H and O–H groups in total. The van der Waals surface area contributed by atoms with E-state index in [2.05, 4.69) is 32.9 Å². The Bertz CT molecular complexity index is 1290. The molecule has 186 valence electrons. The average Bonchev–Trinajstić information content (AvgIpc) is 3.55. The van der Waals surface area contributed by atoms with Crippen molar-refractivity contribution in [3.8, 4) is 34.7 Å². The van der Waals surface area contributed by atoms with E-state index < -0.39 is 0 Å². The number of hydrogen-bond acceptors (Lipinski definition) is 7. The van der Waals surface area contributed by atoms with Gasteiger partial charge in [0, 0.05) is 49.8 Å². The van der Waals surface area contributed by atoms with Crippen molar-refractivity contribution < 1.29 is 14.1 Å². The Morgan fingerprint density at radius 1 is 1.31 bits per heavy atom. The molecule has 2 aromatic carbocycles. The van der Waals surface area contributed by atoms with E-state index in [4.69, 9.17) is 9.26 Å². The number of amides is 2. The molecular formula is C27H30N6O3. The van der Waals surface area contributed by atoms with Crippen LogP contribution in [0.1, 0.15) is 42.9 Å². The summed E-state index contributed by atoms with van der Waals surface area (Å²) in [4.78, 5) is 19.0. The molecular weight excluding hydrogens is 456 g/mol. The summed E-state index contributed by atoms with van der Waals surface area (Å²) in [5, 5.41) is 20.2. The van der Waals surface area contributed by atoms with E-state index in [0.29, 0.717) is 35.1 Å². The van der Waals surface area contributed by atoms with Gasteiger partial charge in [0.1, 0.15) is 11.8 Å². The lowest BCUT2D eigenvalue weighted by atomic mass is 9.98. The quantitative estimate of drug-likeness (QED) is 0.546. The monoisotopic (exact) mass is 486 g/mol. The highest BCUT2D eigenvalue weighted by Gasteiger charge is 2.28. The summed E-state index contributed by atoms with van der Waals surface area (Å²) in [6.07, 6.45) is 1.82. The number of urea groups is 1. The second-order valence-electron chi connectivity index (χ2n) is 9.44. The minimum atomic E-state index is -0.0302. The molecule has 0 saturated carbocycles. The molecule has 0 bridgehead atoms. The molecule has 2 amide bonds. The maximum atomic E-state index is 12.5. The molecule has 3 aromatic rings. The summed E-state index contributed by atoms with van der Waals surface area (Å²) in [7, 11) is 0. The molecule has 1 atom stereocenters. The molecule has 1 aliphatic carbocycles. The van der Waals surface area contributed by atoms with Gasteiger partial charge in [0.2, 0.25) is 5.82 Å². The van der Waals surface area contributed by atoms with Crippen molar-refractivity contribution in [1.82, 2.24) is 25.7 Å². The number of nitrogens with one attached hydrogen (secondary N) is 2. The van der Waals surface area contributed by atoms with Gasteiger partial charge in [0.15, 0.2) is 0 Å². The Kier molecular flexibility index (Phi) is 6.87. The minimum absolute atomic E-state index is 0.00506. The van der Waals surface area contributed by atoms with Crippen molar-refractivity contribution in [3.63, 3.8) is 0 Å². The van der Waals surface area contributed by atoms with Gasteiger partial charge in [-0.1, -0.05) is 23.4 Å². The SMILES string of the molecule is CC(C)Oc1ccc(-c2nc(-c3cccc4c3CCC4CNC(=O)N3CCNCC3)no2)cc1C#N. The fourth-order valence-corrected chi connectivity index (χ4v) is 4.91. The molecule has 1 saturated heterocycles.